The van der Waals surface area contributed by atoms with E-state index >= 15 is 0 Å². The van der Waals surface area contributed by atoms with E-state index in [0.717, 1.165) is 30.0 Å². The minimum absolute atomic E-state index is 0.0754. The van der Waals surface area contributed by atoms with Gasteiger partial charge in [-0.3, -0.25) is 4.79 Å². The molecular weight excluding hydrogens is 336 g/mol. The molecule has 0 saturated carbocycles. The number of benzene rings is 2. The fourth-order valence-electron chi connectivity index (χ4n) is 3.35. The molecule has 0 atom stereocenters. The lowest BCUT2D eigenvalue weighted by atomic mass is 10.0. The summed E-state index contributed by atoms with van der Waals surface area (Å²) < 4.78 is 0. The van der Waals surface area contributed by atoms with Crippen LogP contribution in [0, 0.1) is 0 Å². The van der Waals surface area contributed by atoms with Crippen molar-refractivity contribution in [2.24, 2.45) is 0 Å². The van der Waals surface area contributed by atoms with Gasteiger partial charge in [0.1, 0.15) is 18.0 Å². The Labute approximate surface area is 159 Å². The van der Waals surface area contributed by atoms with Crippen molar-refractivity contribution in [1.82, 2.24) is 9.97 Å². The second-order valence-electron chi connectivity index (χ2n) is 6.74. The van der Waals surface area contributed by atoms with Crippen LogP contribution in [-0.2, 0) is 11.2 Å². The van der Waals surface area contributed by atoms with Gasteiger partial charge >= 0.3 is 0 Å². The molecule has 2 heterocycles. The number of carbonyl (C=O) groups excluding carboxylic acids is 1. The number of anilines is 2. The first-order chi connectivity index (χ1) is 13.3. The van der Waals surface area contributed by atoms with Gasteiger partial charge in [0.15, 0.2) is 0 Å². The van der Waals surface area contributed by atoms with Crippen molar-refractivity contribution < 1.29 is 4.79 Å². The number of nitrogens with one attached hydrogen (secondary N) is 1. The van der Waals surface area contributed by atoms with Crippen LogP contribution in [0.15, 0.2) is 67.0 Å². The first-order valence-corrected chi connectivity index (χ1v) is 9.29. The second-order valence-corrected chi connectivity index (χ2v) is 6.74. The molecule has 4 rings (SSSR count). The highest BCUT2D eigenvalue weighted by Gasteiger charge is 2.14. The maximum absolute atomic E-state index is 12.4. The number of aromatic nitrogens is 2. The number of amides is 1. The van der Waals surface area contributed by atoms with Crippen molar-refractivity contribution in [1.29, 1.82) is 0 Å². The van der Waals surface area contributed by atoms with Crippen molar-refractivity contribution in [3.05, 3.63) is 72.6 Å². The Balaban J connectivity index is 1.39. The summed E-state index contributed by atoms with van der Waals surface area (Å²) in [5, 5.41) is 2.88. The number of rotatable bonds is 5. The first-order valence-electron chi connectivity index (χ1n) is 9.29. The van der Waals surface area contributed by atoms with Crippen molar-refractivity contribution >= 4 is 17.5 Å². The van der Waals surface area contributed by atoms with Crippen molar-refractivity contribution in [2.75, 3.05) is 23.3 Å². The van der Waals surface area contributed by atoms with E-state index < -0.39 is 0 Å². The van der Waals surface area contributed by atoms with Crippen LogP contribution < -0.4 is 10.2 Å². The fourth-order valence-corrected chi connectivity index (χ4v) is 3.35. The molecule has 0 bridgehead atoms. The van der Waals surface area contributed by atoms with Gasteiger partial charge in [0.05, 0.1) is 6.42 Å². The van der Waals surface area contributed by atoms with Gasteiger partial charge in [-0.2, -0.15) is 0 Å². The molecule has 1 saturated heterocycles. The lowest BCUT2D eigenvalue weighted by Gasteiger charge is -2.16. The van der Waals surface area contributed by atoms with Crippen LogP contribution in [-0.4, -0.2) is 29.0 Å². The predicted molar refractivity (Wildman–Crippen MR) is 108 cm³/mol. The highest BCUT2D eigenvalue weighted by molar-refractivity contribution is 5.91. The maximum Gasteiger partial charge on any atom is 0.229 e. The van der Waals surface area contributed by atoms with Gasteiger partial charge in [-0.25, -0.2) is 9.97 Å². The van der Waals surface area contributed by atoms with E-state index in [1.807, 2.05) is 48.5 Å². The summed E-state index contributed by atoms with van der Waals surface area (Å²) in [6, 6.07) is 20.1. The summed E-state index contributed by atoms with van der Waals surface area (Å²) in [4.78, 5) is 23.1. The molecule has 1 aliphatic heterocycles. The molecule has 1 N–H and O–H groups in total. The quantitative estimate of drug-likeness (QED) is 0.751. The van der Waals surface area contributed by atoms with Crippen LogP contribution in [0.25, 0.3) is 11.1 Å². The predicted octanol–water partition coefficient (Wildman–Crippen LogP) is 3.93. The van der Waals surface area contributed by atoms with E-state index in [1.165, 1.54) is 24.7 Å². The smallest absolute Gasteiger partial charge is 0.229 e. The van der Waals surface area contributed by atoms with Gasteiger partial charge in [-0.1, -0.05) is 54.6 Å². The lowest BCUT2D eigenvalue weighted by Crippen LogP contribution is -2.20. The van der Waals surface area contributed by atoms with Gasteiger partial charge in [-0.15, -0.1) is 0 Å². The highest BCUT2D eigenvalue weighted by Crippen LogP contribution is 2.21. The zero-order chi connectivity index (χ0) is 18.5. The van der Waals surface area contributed by atoms with E-state index in [0.29, 0.717) is 12.2 Å². The van der Waals surface area contributed by atoms with Crippen molar-refractivity contribution in [2.45, 2.75) is 19.3 Å². The molecule has 0 aliphatic carbocycles. The molecule has 1 aromatic heterocycles. The number of carbonyl (C=O) groups is 1. The van der Waals surface area contributed by atoms with Gasteiger partial charge in [0, 0.05) is 19.2 Å². The van der Waals surface area contributed by atoms with Crippen LogP contribution in [0.3, 0.4) is 0 Å². The Morgan fingerprint density at radius 2 is 1.63 bits per heavy atom. The summed E-state index contributed by atoms with van der Waals surface area (Å²) in [5.41, 5.74) is 3.29. The molecule has 3 aromatic rings. The van der Waals surface area contributed by atoms with Crippen molar-refractivity contribution in [3.8, 4) is 11.1 Å². The van der Waals surface area contributed by atoms with E-state index in [9.17, 15) is 4.79 Å². The van der Waals surface area contributed by atoms with Gasteiger partial charge < -0.3 is 10.2 Å². The number of hydrogen-bond acceptors (Lipinski definition) is 4. The average Bonchev–Trinajstić information content (AvgIpc) is 3.24. The minimum Gasteiger partial charge on any atom is -0.356 e. The van der Waals surface area contributed by atoms with Crippen molar-refractivity contribution in [3.63, 3.8) is 0 Å². The molecule has 136 valence electrons. The Morgan fingerprint density at radius 1 is 0.926 bits per heavy atom. The standard InChI is InChI=1S/C22H22N4O/c27-22(25-20-15-21(24-16-23-20)26-12-4-5-13-26)14-17-8-10-19(11-9-17)18-6-2-1-3-7-18/h1-3,6-11,15-16H,4-5,12-14H2,(H,23,24,25,27). The first kappa shape index (κ1) is 17.2. The third-order valence-corrected chi connectivity index (χ3v) is 4.78. The molecule has 5 nitrogen and oxygen atoms in total. The third-order valence-electron chi connectivity index (χ3n) is 4.78. The van der Waals surface area contributed by atoms with E-state index in [-0.39, 0.29) is 5.91 Å². The average molecular weight is 358 g/mol. The Bertz CT molecular complexity index is 903. The second kappa shape index (κ2) is 7.99. The van der Waals surface area contributed by atoms with Crippen LogP contribution in [0.2, 0.25) is 0 Å². The number of hydrogen-bond donors (Lipinski definition) is 1. The topological polar surface area (TPSA) is 58.1 Å². The Hall–Kier alpha value is -3.21. The molecule has 0 radical (unpaired) electrons. The molecule has 0 spiro atoms. The summed E-state index contributed by atoms with van der Waals surface area (Å²) in [6.45, 7) is 2.02. The number of nitrogens with zero attached hydrogens (tertiary/aromatic N) is 3. The zero-order valence-electron chi connectivity index (χ0n) is 15.1. The SMILES string of the molecule is O=C(Cc1ccc(-c2ccccc2)cc1)Nc1cc(N2CCCC2)ncn1. The van der Waals surface area contributed by atoms with Crippen LogP contribution in [0.4, 0.5) is 11.6 Å². The monoisotopic (exact) mass is 358 g/mol. The maximum atomic E-state index is 12.4. The summed E-state index contributed by atoms with van der Waals surface area (Å²) in [5.74, 6) is 1.36. The van der Waals surface area contributed by atoms with Gasteiger partial charge in [0.25, 0.3) is 0 Å². The van der Waals surface area contributed by atoms with Crippen LogP contribution in [0.5, 0.6) is 0 Å². The third kappa shape index (κ3) is 4.31. The van der Waals surface area contributed by atoms with E-state index in [1.54, 1.807) is 0 Å². The van der Waals surface area contributed by atoms with E-state index in [2.05, 4.69) is 32.3 Å². The summed E-state index contributed by atoms with van der Waals surface area (Å²) in [7, 11) is 0. The molecule has 1 aliphatic rings. The molecular formula is C22H22N4O. The Kier molecular flexibility index (Phi) is 5.10. The van der Waals surface area contributed by atoms with E-state index in [4.69, 9.17) is 0 Å². The van der Waals surface area contributed by atoms with Crippen LogP contribution in [0.1, 0.15) is 18.4 Å². The fraction of sp³-hybridized carbons (Fsp3) is 0.227. The zero-order valence-corrected chi connectivity index (χ0v) is 15.1. The molecule has 1 amide bonds. The summed E-state index contributed by atoms with van der Waals surface area (Å²) in [6.07, 6.45) is 4.20. The lowest BCUT2D eigenvalue weighted by molar-refractivity contribution is -0.115. The minimum atomic E-state index is -0.0754. The summed E-state index contributed by atoms with van der Waals surface area (Å²) >= 11 is 0. The Morgan fingerprint density at radius 3 is 2.37 bits per heavy atom. The van der Waals surface area contributed by atoms with Crippen LogP contribution >= 0.6 is 0 Å². The molecule has 0 unspecified atom stereocenters. The molecule has 5 heteroatoms. The largest absolute Gasteiger partial charge is 0.356 e. The molecule has 2 aromatic carbocycles. The molecule has 27 heavy (non-hydrogen) atoms. The van der Waals surface area contributed by atoms with Gasteiger partial charge in [0.2, 0.25) is 5.91 Å². The normalized spacial score (nSPS) is 13.6. The van der Waals surface area contributed by atoms with Gasteiger partial charge in [-0.05, 0) is 29.5 Å². The molecule has 1 fully saturated rings. The highest BCUT2D eigenvalue weighted by atomic mass is 16.1.